The SMILES string of the molecule is CN(C)CCN(CCN(C)C)c1ccc(-c2nc3ccccc3[nH]2)cc1. The van der Waals surface area contributed by atoms with Crippen molar-refractivity contribution in [3.8, 4) is 11.4 Å². The zero-order valence-corrected chi connectivity index (χ0v) is 16.2. The van der Waals surface area contributed by atoms with Crippen molar-refractivity contribution >= 4 is 16.7 Å². The summed E-state index contributed by atoms with van der Waals surface area (Å²) in [6, 6.07) is 16.9. The number of aromatic amines is 1. The van der Waals surface area contributed by atoms with Gasteiger partial charge < -0.3 is 19.7 Å². The van der Waals surface area contributed by atoms with Gasteiger partial charge in [-0.15, -0.1) is 0 Å². The number of rotatable bonds is 8. The van der Waals surface area contributed by atoms with Gasteiger partial charge in [-0.2, -0.15) is 0 Å². The van der Waals surface area contributed by atoms with Crippen molar-refractivity contribution in [2.75, 3.05) is 59.3 Å². The highest BCUT2D eigenvalue weighted by atomic mass is 15.2. The number of aromatic nitrogens is 2. The largest absolute Gasteiger partial charge is 0.369 e. The van der Waals surface area contributed by atoms with E-state index in [2.05, 4.69) is 78.2 Å². The van der Waals surface area contributed by atoms with Crippen LogP contribution in [-0.4, -0.2) is 74.1 Å². The van der Waals surface area contributed by atoms with Crippen LogP contribution in [0.2, 0.25) is 0 Å². The molecule has 1 aromatic heterocycles. The van der Waals surface area contributed by atoms with Gasteiger partial charge in [0.15, 0.2) is 0 Å². The second kappa shape index (κ2) is 8.34. The third-order valence-corrected chi connectivity index (χ3v) is 4.53. The molecule has 138 valence electrons. The molecule has 0 radical (unpaired) electrons. The molecule has 0 saturated carbocycles. The van der Waals surface area contributed by atoms with Crippen molar-refractivity contribution in [1.82, 2.24) is 19.8 Å². The topological polar surface area (TPSA) is 38.4 Å². The minimum Gasteiger partial charge on any atom is -0.369 e. The van der Waals surface area contributed by atoms with Gasteiger partial charge in [-0.3, -0.25) is 0 Å². The lowest BCUT2D eigenvalue weighted by Crippen LogP contribution is -2.36. The maximum absolute atomic E-state index is 4.69. The number of H-pyrrole nitrogens is 1. The number of hydrogen-bond acceptors (Lipinski definition) is 4. The minimum atomic E-state index is 0.922. The van der Waals surface area contributed by atoms with E-state index in [0.29, 0.717) is 0 Å². The van der Waals surface area contributed by atoms with E-state index < -0.39 is 0 Å². The summed E-state index contributed by atoms with van der Waals surface area (Å²) in [5.41, 5.74) is 4.45. The van der Waals surface area contributed by atoms with Gasteiger partial charge in [-0.1, -0.05) is 12.1 Å². The van der Waals surface area contributed by atoms with Crippen LogP contribution in [0.1, 0.15) is 0 Å². The number of para-hydroxylation sites is 2. The summed E-state index contributed by atoms with van der Waals surface area (Å²) >= 11 is 0. The van der Waals surface area contributed by atoms with Crippen LogP contribution in [0.15, 0.2) is 48.5 Å². The Morgan fingerprint density at radius 2 is 1.38 bits per heavy atom. The third-order valence-electron chi connectivity index (χ3n) is 4.53. The molecule has 0 amide bonds. The Kier molecular flexibility index (Phi) is 5.91. The molecule has 3 aromatic rings. The summed E-state index contributed by atoms with van der Waals surface area (Å²) in [6.45, 7) is 4.12. The lowest BCUT2D eigenvalue weighted by atomic mass is 10.2. The number of anilines is 1. The van der Waals surface area contributed by atoms with Gasteiger partial charge in [0.05, 0.1) is 11.0 Å². The van der Waals surface area contributed by atoms with Crippen LogP contribution in [0.25, 0.3) is 22.4 Å². The molecule has 0 aliphatic heterocycles. The van der Waals surface area contributed by atoms with E-state index in [1.54, 1.807) is 0 Å². The Labute approximate surface area is 156 Å². The first-order chi connectivity index (χ1) is 12.5. The lowest BCUT2D eigenvalue weighted by molar-refractivity contribution is 0.391. The first kappa shape index (κ1) is 18.4. The van der Waals surface area contributed by atoms with Crippen LogP contribution < -0.4 is 4.90 Å². The zero-order chi connectivity index (χ0) is 18.5. The minimum absolute atomic E-state index is 0.922. The van der Waals surface area contributed by atoms with Crippen molar-refractivity contribution in [1.29, 1.82) is 0 Å². The molecule has 2 aromatic carbocycles. The van der Waals surface area contributed by atoms with Crippen LogP contribution in [0.4, 0.5) is 5.69 Å². The summed E-state index contributed by atoms with van der Waals surface area (Å²) < 4.78 is 0. The van der Waals surface area contributed by atoms with Gasteiger partial charge in [0.1, 0.15) is 5.82 Å². The summed E-state index contributed by atoms with van der Waals surface area (Å²) in [5, 5.41) is 0. The molecule has 0 fully saturated rings. The van der Waals surface area contributed by atoms with Crippen LogP contribution >= 0.6 is 0 Å². The van der Waals surface area contributed by atoms with Gasteiger partial charge in [-0.05, 0) is 64.6 Å². The van der Waals surface area contributed by atoms with Gasteiger partial charge in [0.2, 0.25) is 0 Å². The maximum atomic E-state index is 4.69. The predicted molar refractivity (Wildman–Crippen MR) is 111 cm³/mol. The molecule has 0 spiro atoms. The highest BCUT2D eigenvalue weighted by molar-refractivity contribution is 5.79. The highest BCUT2D eigenvalue weighted by Gasteiger charge is 2.09. The Balaban J connectivity index is 1.78. The molecule has 3 rings (SSSR count). The molecular formula is C21H29N5. The number of nitrogens with zero attached hydrogens (tertiary/aromatic N) is 4. The van der Waals surface area contributed by atoms with Crippen molar-refractivity contribution in [2.45, 2.75) is 0 Å². The van der Waals surface area contributed by atoms with Crippen molar-refractivity contribution in [3.63, 3.8) is 0 Å². The number of benzene rings is 2. The number of fused-ring (bicyclic) bond motifs is 1. The van der Waals surface area contributed by atoms with Gasteiger partial charge >= 0.3 is 0 Å². The fraction of sp³-hybridized carbons (Fsp3) is 0.381. The van der Waals surface area contributed by atoms with E-state index in [1.807, 2.05) is 18.2 Å². The van der Waals surface area contributed by atoms with Gasteiger partial charge in [-0.25, -0.2) is 4.98 Å². The van der Waals surface area contributed by atoms with E-state index in [9.17, 15) is 0 Å². The van der Waals surface area contributed by atoms with E-state index in [-0.39, 0.29) is 0 Å². The normalized spacial score (nSPS) is 11.6. The van der Waals surface area contributed by atoms with Crippen LogP contribution in [0, 0.1) is 0 Å². The molecule has 26 heavy (non-hydrogen) atoms. The van der Waals surface area contributed by atoms with E-state index >= 15 is 0 Å². The van der Waals surface area contributed by atoms with Crippen molar-refractivity contribution < 1.29 is 0 Å². The molecule has 5 nitrogen and oxygen atoms in total. The highest BCUT2D eigenvalue weighted by Crippen LogP contribution is 2.23. The standard InChI is InChI=1S/C21H29N5/c1-24(2)13-15-26(16-14-25(3)4)18-11-9-17(10-12-18)21-22-19-7-5-6-8-20(19)23-21/h5-12H,13-16H2,1-4H3,(H,22,23). The second-order valence-corrected chi connectivity index (χ2v) is 7.24. The summed E-state index contributed by atoms with van der Waals surface area (Å²) in [6.07, 6.45) is 0. The number of hydrogen-bond donors (Lipinski definition) is 1. The van der Waals surface area contributed by atoms with Gasteiger partial charge in [0, 0.05) is 37.4 Å². The molecule has 0 atom stereocenters. The second-order valence-electron chi connectivity index (χ2n) is 7.24. The molecule has 0 aliphatic carbocycles. The summed E-state index contributed by atoms with van der Waals surface area (Å²) in [7, 11) is 8.48. The Morgan fingerprint density at radius 3 is 1.96 bits per heavy atom. The maximum Gasteiger partial charge on any atom is 0.138 e. The molecule has 0 bridgehead atoms. The molecular weight excluding hydrogens is 322 g/mol. The molecule has 1 heterocycles. The monoisotopic (exact) mass is 351 g/mol. The van der Waals surface area contributed by atoms with Crippen LogP contribution in [-0.2, 0) is 0 Å². The average molecular weight is 351 g/mol. The first-order valence-electron chi connectivity index (χ1n) is 9.12. The molecule has 0 unspecified atom stereocenters. The Bertz CT molecular complexity index is 775. The van der Waals surface area contributed by atoms with Crippen LogP contribution in [0.5, 0.6) is 0 Å². The van der Waals surface area contributed by atoms with E-state index in [0.717, 1.165) is 48.6 Å². The number of imidazole rings is 1. The smallest absolute Gasteiger partial charge is 0.138 e. The fourth-order valence-corrected chi connectivity index (χ4v) is 2.93. The fourth-order valence-electron chi connectivity index (χ4n) is 2.93. The molecule has 5 heteroatoms. The van der Waals surface area contributed by atoms with E-state index in [4.69, 9.17) is 4.98 Å². The van der Waals surface area contributed by atoms with E-state index in [1.165, 1.54) is 5.69 Å². The molecule has 0 saturated heterocycles. The molecule has 0 aliphatic rings. The first-order valence-corrected chi connectivity index (χ1v) is 9.12. The summed E-state index contributed by atoms with van der Waals surface area (Å²) in [5.74, 6) is 0.922. The lowest BCUT2D eigenvalue weighted by Gasteiger charge is -2.28. The molecule has 1 N–H and O–H groups in total. The Hall–Kier alpha value is -2.37. The number of nitrogens with one attached hydrogen (secondary N) is 1. The third kappa shape index (κ3) is 4.62. The average Bonchev–Trinajstić information content (AvgIpc) is 3.06. The van der Waals surface area contributed by atoms with Gasteiger partial charge in [0.25, 0.3) is 0 Å². The van der Waals surface area contributed by atoms with Crippen molar-refractivity contribution in [3.05, 3.63) is 48.5 Å². The summed E-state index contributed by atoms with van der Waals surface area (Å²) in [4.78, 5) is 15.0. The predicted octanol–water partition coefficient (Wildman–Crippen LogP) is 3.16. The quantitative estimate of drug-likeness (QED) is 0.677. The zero-order valence-electron chi connectivity index (χ0n) is 16.2. The van der Waals surface area contributed by atoms with Crippen molar-refractivity contribution in [2.24, 2.45) is 0 Å². The van der Waals surface area contributed by atoms with Crippen LogP contribution in [0.3, 0.4) is 0 Å². The number of likely N-dealkylation sites (N-methyl/N-ethyl adjacent to an activating group) is 2. The Morgan fingerprint density at radius 1 is 0.769 bits per heavy atom.